The van der Waals surface area contributed by atoms with Crippen LogP contribution in [0.1, 0.15) is 25.7 Å². The molecule has 2 aliphatic heterocycles. The molecule has 2 rings (SSSR count). The van der Waals surface area contributed by atoms with Gasteiger partial charge in [-0.05, 0) is 51.7 Å². The van der Waals surface area contributed by atoms with Crippen LogP contribution in [-0.4, -0.2) is 68.1 Å². The van der Waals surface area contributed by atoms with Crippen molar-refractivity contribution in [3.63, 3.8) is 0 Å². The Balaban J connectivity index is 1.90. The van der Waals surface area contributed by atoms with Crippen molar-refractivity contribution in [3.8, 4) is 0 Å². The Morgan fingerprint density at radius 2 is 2.06 bits per heavy atom. The summed E-state index contributed by atoms with van der Waals surface area (Å²) in [4.78, 5) is 5.07. The van der Waals surface area contributed by atoms with Crippen molar-refractivity contribution in [1.29, 1.82) is 0 Å². The quantitative estimate of drug-likeness (QED) is 0.739. The molecule has 1 unspecified atom stereocenters. The predicted octanol–water partition coefficient (Wildman–Crippen LogP) is 2.20. The molecule has 0 aromatic rings. The highest BCUT2D eigenvalue weighted by Crippen LogP contribution is 2.34. The lowest BCUT2D eigenvalue weighted by Gasteiger charge is -2.43. The molecule has 0 N–H and O–H groups in total. The van der Waals surface area contributed by atoms with E-state index in [1.165, 1.54) is 45.3 Å². The second kappa shape index (κ2) is 6.69. The number of ether oxygens (including phenoxy) is 1. The van der Waals surface area contributed by atoms with Crippen molar-refractivity contribution in [2.24, 2.45) is 5.41 Å². The van der Waals surface area contributed by atoms with Crippen LogP contribution in [0, 0.1) is 5.41 Å². The molecular formula is C14H27BrN2O. The van der Waals surface area contributed by atoms with E-state index in [0.29, 0.717) is 5.41 Å². The monoisotopic (exact) mass is 318 g/mol. The summed E-state index contributed by atoms with van der Waals surface area (Å²) in [5.74, 6) is 0. The van der Waals surface area contributed by atoms with Gasteiger partial charge in [-0.2, -0.15) is 0 Å². The highest BCUT2D eigenvalue weighted by atomic mass is 79.9. The summed E-state index contributed by atoms with van der Waals surface area (Å²) in [6.07, 6.45) is 5.12. The summed E-state index contributed by atoms with van der Waals surface area (Å²) in [5, 5.41) is 1.12. The maximum absolute atomic E-state index is 5.53. The molecule has 0 saturated carbocycles. The largest absolute Gasteiger partial charge is 0.381 e. The minimum Gasteiger partial charge on any atom is -0.381 e. The van der Waals surface area contributed by atoms with Gasteiger partial charge < -0.3 is 14.5 Å². The van der Waals surface area contributed by atoms with Gasteiger partial charge >= 0.3 is 0 Å². The van der Waals surface area contributed by atoms with Crippen LogP contribution in [-0.2, 0) is 4.74 Å². The van der Waals surface area contributed by atoms with E-state index in [1.807, 2.05) is 0 Å². The van der Waals surface area contributed by atoms with E-state index in [0.717, 1.165) is 24.6 Å². The average Bonchev–Trinajstić information content (AvgIpc) is 2.40. The number of likely N-dealkylation sites (tertiary alicyclic amines) is 1. The van der Waals surface area contributed by atoms with Crippen LogP contribution in [0.25, 0.3) is 0 Å². The van der Waals surface area contributed by atoms with Gasteiger partial charge in [0, 0.05) is 37.7 Å². The van der Waals surface area contributed by atoms with E-state index >= 15 is 0 Å². The Bertz CT molecular complexity index is 254. The molecule has 0 aliphatic carbocycles. The van der Waals surface area contributed by atoms with Crippen LogP contribution in [0.4, 0.5) is 0 Å². The molecule has 0 aromatic heterocycles. The van der Waals surface area contributed by atoms with Gasteiger partial charge in [0.1, 0.15) is 0 Å². The number of alkyl halides is 1. The summed E-state index contributed by atoms with van der Waals surface area (Å²) >= 11 is 3.75. The van der Waals surface area contributed by atoms with Crippen LogP contribution < -0.4 is 0 Å². The molecule has 0 spiro atoms. The molecule has 0 amide bonds. The van der Waals surface area contributed by atoms with Crippen molar-refractivity contribution in [1.82, 2.24) is 9.80 Å². The highest BCUT2D eigenvalue weighted by Gasteiger charge is 2.35. The molecule has 2 heterocycles. The number of nitrogens with zero attached hydrogens (tertiary/aromatic N) is 2. The van der Waals surface area contributed by atoms with Crippen LogP contribution in [0.15, 0.2) is 0 Å². The van der Waals surface area contributed by atoms with Crippen molar-refractivity contribution < 1.29 is 4.74 Å². The molecule has 2 fully saturated rings. The summed E-state index contributed by atoms with van der Waals surface area (Å²) < 4.78 is 5.53. The van der Waals surface area contributed by atoms with Gasteiger partial charge in [-0.25, -0.2) is 0 Å². The lowest BCUT2D eigenvalue weighted by atomic mass is 9.81. The first-order valence-corrected chi connectivity index (χ1v) is 8.30. The fraction of sp³-hybridized carbons (Fsp3) is 1.00. The minimum atomic E-state index is 0.451. The molecule has 3 nitrogen and oxygen atoms in total. The Labute approximate surface area is 120 Å². The molecule has 1 atom stereocenters. The maximum atomic E-state index is 5.53. The van der Waals surface area contributed by atoms with Crippen LogP contribution >= 0.6 is 15.9 Å². The van der Waals surface area contributed by atoms with Crippen molar-refractivity contribution in [2.75, 3.05) is 52.3 Å². The Hall–Kier alpha value is 0.360. The third-order valence-electron chi connectivity index (χ3n) is 4.61. The smallest absolute Gasteiger partial charge is 0.0472 e. The van der Waals surface area contributed by atoms with Crippen molar-refractivity contribution in [3.05, 3.63) is 0 Å². The van der Waals surface area contributed by atoms with Crippen molar-refractivity contribution >= 4 is 15.9 Å². The maximum Gasteiger partial charge on any atom is 0.0472 e. The fourth-order valence-electron chi connectivity index (χ4n) is 3.21. The number of halogens is 1. The van der Waals surface area contributed by atoms with E-state index < -0.39 is 0 Å². The molecule has 106 valence electrons. The number of likely N-dealkylation sites (N-methyl/N-ethyl adjacent to an activating group) is 1. The van der Waals surface area contributed by atoms with Crippen LogP contribution in [0.5, 0.6) is 0 Å². The summed E-state index contributed by atoms with van der Waals surface area (Å²) in [7, 11) is 4.42. The fourth-order valence-corrected chi connectivity index (χ4v) is 3.95. The first-order chi connectivity index (χ1) is 8.65. The van der Waals surface area contributed by atoms with Gasteiger partial charge in [0.25, 0.3) is 0 Å². The third-order valence-corrected chi connectivity index (χ3v) is 5.80. The molecule has 2 saturated heterocycles. The zero-order chi connectivity index (χ0) is 13.0. The second-order valence-electron chi connectivity index (χ2n) is 6.24. The molecule has 2 aliphatic rings. The van der Waals surface area contributed by atoms with Gasteiger partial charge in [-0.15, -0.1) is 0 Å². The predicted molar refractivity (Wildman–Crippen MR) is 79.4 cm³/mol. The number of hydrogen-bond acceptors (Lipinski definition) is 3. The van der Waals surface area contributed by atoms with Gasteiger partial charge in [-0.3, -0.25) is 0 Å². The average molecular weight is 319 g/mol. The zero-order valence-electron chi connectivity index (χ0n) is 11.8. The Kier molecular flexibility index (Phi) is 5.48. The summed E-state index contributed by atoms with van der Waals surface area (Å²) in [6.45, 7) is 5.64. The Morgan fingerprint density at radius 1 is 1.33 bits per heavy atom. The van der Waals surface area contributed by atoms with E-state index in [1.54, 1.807) is 0 Å². The van der Waals surface area contributed by atoms with Crippen LogP contribution in [0.2, 0.25) is 0 Å². The molecule has 0 aromatic carbocycles. The molecule has 0 bridgehead atoms. The van der Waals surface area contributed by atoms with Gasteiger partial charge in [0.05, 0.1) is 0 Å². The number of piperidine rings is 1. The summed E-state index contributed by atoms with van der Waals surface area (Å²) in [6, 6.07) is 0.742. The molecular weight excluding hydrogens is 292 g/mol. The molecule has 0 radical (unpaired) electrons. The second-order valence-corrected chi connectivity index (χ2v) is 6.80. The topological polar surface area (TPSA) is 15.7 Å². The zero-order valence-corrected chi connectivity index (χ0v) is 13.4. The van der Waals surface area contributed by atoms with Gasteiger partial charge in [0.15, 0.2) is 0 Å². The number of rotatable bonds is 4. The lowest BCUT2D eigenvalue weighted by molar-refractivity contribution is -0.000839. The van der Waals surface area contributed by atoms with Crippen LogP contribution in [0.3, 0.4) is 0 Å². The third kappa shape index (κ3) is 3.69. The molecule has 18 heavy (non-hydrogen) atoms. The lowest BCUT2D eigenvalue weighted by Crippen LogP contribution is -2.50. The first kappa shape index (κ1) is 14.8. The number of hydrogen-bond donors (Lipinski definition) is 0. The Morgan fingerprint density at radius 3 is 2.67 bits per heavy atom. The van der Waals surface area contributed by atoms with E-state index in [-0.39, 0.29) is 0 Å². The first-order valence-electron chi connectivity index (χ1n) is 7.18. The normalized spacial score (nSPS) is 29.7. The standard InChI is InChI=1S/C14H27BrN2O/c1-16(2)13-4-3-7-17(10-13)12-14(11-15)5-8-18-9-6-14/h13H,3-12H2,1-2H3. The van der Waals surface area contributed by atoms with Gasteiger partial charge in [-0.1, -0.05) is 15.9 Å². The van der Waals surface area contributed by atoms with Gasteiger partial charge in [0.2, 0.25) is 0 Å². The van der Waals surface area contributed by atoms with E-state index in [4.69, 9.17) is 4.74 Å². The van der Waals surface area contributed by atoms with Crippen molar-refractivity contribution in [2.45, 2.75) is 31.7 Å². The van der Waals surface area contributed by atoms with E-state index in [2.05, 4.69) is 39.8 Å². The SMILES string of the molecule is CN(C)C1CCCN(CC2(CBr)CCOCC2)C1. The highest BCUT2D eigenvalue weighted by molar-refractivity contribution is 9.09. The minimum absolute atomic E-state index is 0.451. The summed E-state index contributed by atoms with van der Waals surface area (Å²) in [5.41, 5.74) is 0.451. The van der Waals surface area contributed by atoms with E-state index in [9.17, 15) is 0 Å². The molecule has 4 heteroatoms.